The Morgan fingerprint density at radius 1 is 0.845 bits per heavy atom. The predicted molar refractivity (Wildman–Crippen MR) is 215 cm³/mol. The quantitative estimate of drug-likeness (QED) is 0.0756. The topological polar surface area (TPSA) is 223 Å². The molecular weight excluding hydrogens is 748 g/mol. The highest BCUT2D eigenvalue weighted by Gasteiger charge is 2.36. The van der Waals surface area contributed by atoms with Crippen LogP contribution in [0.25, 0.3) is 44.5 Å². The minimum Gasteiger partial charge on any atom is -0.456 e. The SMILES string of the molecule is COC(=O)NC(C(=O)NCCCCc1ncc(-c2ccc3c(=O)c4cc(-c5cnc(C6COCCN6C(=O)C(NC(=O)OC)C(C)C)[nH]5)ccc4oc3c2)[nH]1)C(C)C. The number of hydrogen-bond acceptors (Lipinski definition) is 11. The van der Waals surface area contributed by atoms with Crippen molar-refractivity contribution in [2.24, 2.45) is 11.8 Å². The number of hydrogen-bond donors (Lipinski definition) is 5. The number of nitrogens with zero attached hydrogens (tertiary/aromatic N) is 3. The lowest BCUT2D eigenvalue weighted by atomic mass is 10.0. The summed E-state index contributed by atoms with van der Waals surface area (Å²) in [4.78, 5) is 81.1. The molecule has 0 saturated carbocycles. The number of benzene rings is 2. The molecule has 5 N–H and O–H groups in total. The smallest absolute Gasteiger partial charge is 0.407 e. The molecule has 3 atom stereocenters. The maximum atomic E-state index is 13.8. The standard InChI is InChI=1S/C41H50N8O9/c1-22(2)34(47-40(53)55-5)38(51)42-14-8-7-9-33-43-19-28(45-33)25-10-12-26-32(18-25)58-31-13-11-24(17-27(31)36(26)50)29-20-44-37(46-29)30-21-57-16-15-49(30)39(52)35(23(3)4)48-41(54)56-6/h10-13,17-20,22-23,30,34-35H,7-9,14-16,21H2,1-6H3,(H,42,51)(H,43,45)(H,44,46)(H,47,53)(H,48,54). The lowest BCUT2D eigenvalue weighted by molar-refractivity contribution is -0.143. The van der Waals surface area contributed by atoms with Crippen LogP contribution in [0, 0.1) is 11.8 Å². The van der Waals surface area contributed by atoms with Crippen LogP contribution in [0.15, 0.2) is 58.0 Å². The van der Waals surface area contributed by atoms with E-state index in [0.29, 0.717) is 71.6 Å². The molecule has 0 aliphatic carbocycles. The molecule has 17 heteroatoms. The van der Waals surface area contributed by atoms with Crippen LogP contribution in [0.3, 0.4) is 0 Å². The first-order chi connectivity index (χ1) is 27.9. The molecule has 1 fully saturated rings. The molecule has 1 aliphatic rings. The van der Waals surface area contributed by atoms with Gasteiger partial charge >= 0.3 is 12.2 Å². The van der Waals surface area contributed by atoms with Gasteiger partial charge in [-0.15, -0.1) is 0 Å². The molecule has 0 bridgehead atoms. The number of ether oxygens (including phenoxy) is 3. The Bertz CT molecular complexity index is 2330. The van der Waals surface area contributed by atoms with Crippen molar-refractivity contribution < 1.29 is 37.8 Å². The van der Waals surface area contributed by atoms with Crippen LogP contribution in [-0.2, 0) is 30.2 Å². The highest BCUT2D eigenvalue weighted by Crippen LogP contribution is 2.30. The molecule has 58 heavy (non-hydrogen) atoms. The third kappa shape index (κ3) is 9.31. The summed E-state index contributed by atoms with van der Waals surface area (Å²) in [5, 5.41) is 8.92. The number of imidazole rings is 2. The Balaban J connectivity index is 1.12. The molecule has 17 nitrogen and oxygen atoms in total. The van der Waals surface area contributed by atoms with E-state index in [-0.39, 0.29) is 35.7 Å². The second-order valence-corrected chi connectivity index (χ2v) is 14.9. The zero-order valence-electron chi connectivity index (χ0n) is 33.5. The van der Waals surface area contributed by atoms with E-state index in [0.717, 1.165) is 23.5 Å². The fourth-order valence-corrected chi connectivity index (χ4v) is 6.91. The van der Waals surface area contributed by atoms with Crippen LogP contribution < -0.4 is 21.4 Å². The molecule has 2 aromatic carbocycles. The van der Waals surface area contributed by atoms with E-state index >= 15 is 0 Å². The first-order valence-corrected chi connectivity index (χ1v) is 19.3. The molecular formula is C41H50N8O9. The summed E-state index contributed by atoms with van der Waals surface area (Å²) in [6, 6.07) is 8.75. The Labute approximate surface area is 334 Å². The number of methoxy groups -OCH3 is 2. The van der Waals surface area contributed by atoms with Crippen molar-refractivity contribution in [2.75, 3.05) is 40.5 Å². The van der Waals surface area contributed by atoms with Crippen LogP contribution >= 0.6 is 0 Å². The number of unbranched alkanes of at least 4 members (excludes halogenated alkanes) is 1. The third-order valence-electron chi connectivity index (χ3n) is 10.2. The van der Waals surface area contributed by atoms with E-state index < -0.39 is 30.3 Å². The molecule has 5 aromatic rings. The van der Waals surface area contributed by atoms with Crippen LogP contribution in [0.2, 0.25) is 0 Å². The van der Waals surface area contributed by atoms with Gasteiger partial charge < -0.3 is 49.4 Å². The van der Waals surface area contributed by atoms with Gasteiger partial charge in [-0.3, -0.25) is 14.4 Å². The predicted octanol–water partition coefficient (Wildman–Crippen LogP) is 4.83. The fourth-order valence-electron chi connectivity index (χ4n) is 6.91. The van der Waals surface area contributed by atoms with Crippen LogP contribution in [0.5, 0.6) is 0 Å². The number of aromatic nitrogens is 4. The van der Waals surface area contributed by atoms with Gasteiger partial charge in [0.25, 0.3) is 0 Å². The van der Waals surface area contributed by atoms with Crippen molar-refractivity contribution in [2.45, 2.75) is 65.1 Å². The van der Waals surface area contributed by atoms with Crippen molar-refractivity contribution >= 4 is 45.9 Å². The Morgan fingerprint density at radius 2 is 1.52 bits per heavy atom. The van der Waals surface area contributed by atoms with Crippen molar-refractivity contribution in [3.05, 3.63) is 70.7 Å². The Kier molecular flexibility index (Phi) is 13.1. The molecule has 308 valence electrons. The summed E-state index contributed by atoms with van der Waals surface area (Å²) in [6.45, 7) is 8.74. The molecule has 4 amide bonds. The van der Waals surface area contributed by atoms with E-state index in [1.807, 2.05) is 45.9 Å². The monoisotopic (exact) mass is 798 g/mol. The van der Waals surface area contributed by atoms with Gasteiger partial charge in [-0.05, 0) is 55.0 Å². The van der Waals surface area contributed by atoms with Gasteiger partial charge in [0.1, 0.15) is 40.9 Å². The summed E-state index contributed by atoms with van der Waals surface area (Å²) >= 11 is 0. The number of nitrogens with one attached hydrogen (secondary N) is 5. The van der Waals surface area contributed by atoms with Gasteiger partial charge in [-0.25, -0.2) is 19.6 Å². The number of amides is 4. The van der Waals surface area contributed by atoms with Crippen LogP contribution in [0.1, 0.15) is 58.2 Å². The Morgan fingerprint density at radius 3 is 2.24 bits per heavy atom. The van der Waals surface area contributed by atoms with Gasteiger partial charge in [0, 0.05) is 30.6 Å². The molecule has 0 spiro atoms. The highest BCUT2D eigenvalue weighted by molar-refractivity contribution is 5.93. The van der Waals surface area contributed by atoms with Gasteiger partial charge in [0.15, 0.2) is 0 Å². The van der Waals surface area contributed by atoms with Crippen LogP contribution in [0.4, 0.5) is 9.59 Å². The number of fused-ring (bicyclic) bond motifs is 2. The largest absolute Gasteiger partial charge is 0.456 e. The van der Waals surface area contributed by atoms with E-state index in [4.69, 9.17) is 13.9 Å². The summed E-state index contributed by atoms with van der Waals surface area (Å²) in [5.41, 5.74) is 3.60. The number of rotatable bonds is 14. The molecule has 3 aromatic heterocycles. The first kappa shape index (κ1) is 41.4. The molecule has 0 radical (unpaired) electrons. The molecule has 3 unspecified atom stereocenters. The Hall–Kier alpha value is -6.23. The zero-order valence-corrected chi connectivity index (χ0v) is 33.5. The lowest BCUT2D eigenvalue weighted by Crippen LogP contribution is -2.54. The van der Waals surface area contributed by atoms with Crippen LogP contribution in [-0.4, -0.2) is 101 Å². The summed E-state index contributed by atoms with van der Waals surface area (Å²) in [6.07, 6.45) is 4.21. The summed E-state index contributed by atoms with van der Waals surface area (Å²) < 4.78 is 21.4. The zero-order chi connectivity index (χ0) is 41.5. The van der Waals surface area contributed by atoms with Crippen molar-refractivity contribution in [3.63, 3.8) is 0 Å². The number of carbonyl (C=O) groups excluding carboxylic acids is 4. The van der Waals surface area contributed by atoms with Gasteiger partial charge in [0.05, 0.1) is 62.0 Å². The number of carbonyl (C=O) groups is 4. The fraction of sp³-hybridized carbons (Fsp3) is 0.439. The van der Waals surface area contributed by atoms with Crippen molar-refractivity contribution in [1.29, 1.82) is 0 Å². The maximum absolute atomic E-state index is 13.8. The normalized spacial score (nSPS) is 15.4. The minimum atomic E-state index is -0.793. The number of aryl methyl sites for hydroxylation is 1. The van der Waals surface area contributed by atoms with E-state index in [1.54, 1.807) is 35.5 Å². The lowest BCUT2D eigenvalue weighted by Gasteiger charge is -2.37. The van der Waals surface area contributed by atoms with Gasteiger partial charge in [-0.2, -0.15) is 0 Å². The molecule has 1 aliphatic heterocycles. The molecule has 1 saturated heterocycles. The third-order valence-corrected chi connectivity index (χ3v) is 10.2. The highest BCUT2D eigenvalue weighted by atomic mass is 16.5. The van der Waals surface area contributed by atoms with Crippen molar-refractivity contribution in [1.82, 2.24) is 40.8 Å². The second-order valence-electron chi connectivity index (χ2n) is 14.9. The number of morpholine rings is 1. The first-order valence-electron chi connectivity index (χ1n) is 19.3. The van der Waals surface area contributed by atoms with Crippen molar-refractivity contribution in [3.8, 4) is 22.5 Å². The average molecular weight is 799 g/mol. The van der Waals surface area contributed by atoms with Gasteiger partial charge in [-0.1, -0.05) is 33.8 Å². The second kappa shape index (κ2) is 18.4. The molecule has 6 rings (SSSR count). The van der Waals surface area contributed by atoms with Gasteiger partial charge in [0.2, 0.25) is 17.2 Å². The number of alkyl carbamates (subject to hydrolysis) is 2. The minimum absolute atomic E-state index is 0.0988. The maximum Gasteiger partial charge on any atom is 0.407 e. The van der Waals surface area contributed by atoms with E-state index in [2.05, 4.69) is 40.6 Å². The number of H-pyrrole nitrogens is 2. The van der Waals surface area contributed by atoms with E-state index in [1.165, 1.54) is 14.2 Å². The summed E-state index contributed by atoms with van der Waals surface area (Å²) in [5.74, 6) is 0.491. The average Bonchev–Trinajstić information content (AvgIpc) is 3.92. The number of aromatic amines is 2. The molecule has 4 heterocycles. The summed E-state index contributed by atoms with van der Waals surface area (Å²) in [7, 11) is 2.51. The van der Waals surface area contributed by atoms with E-state index in [9.17, 15) is 24.0 Å².